The van der Waals surface area contributed by atoms with Gasteiger partial charge in [-0.15, -0.1) is 0 Å². The third kappa shape index (κ3) is 4.78. The minimum Gasteiger partial charge on any atom is -0.360 e. The lowest BCUT2D eigenvalue weighted by atomic mass is 9.96. The number of hydrogen-bond acceptors (Lipinski definition) is 2. The maximum absolute atomic E-state index is 5.47. The molecule has 1 saturated carbocycles. The number of nitrogens with one attached hydrogen (secondary N) is 1. The molecule has 0 amide bonds. The Kier molecular flexibility index (Phi) is 5.58. The van der Waals surface area contributed by atoms with Crippen LogP contribution in [0.3, 0.4) is 0 Å². The molecule has 4 heteroatoms. The summed E-state index contributed by atoms with van der Waals surface area (Å²) < 4.78 is 0. The van der Waals surface area contributed by atoms with Crippen molar-refractivity contribution in [3.05, 3.63) is 30.1 Å². The zero-order valence-electron chi connectivity index (χ0n) is 11.6. The minimum absolute atomic E-state index is 0.582. The summed E-state index contributed by atoms with van der Waals surface area (Å²) in [6.45, 7) is 0.912. The third-order valence-electron chi connectivity index (χ3n) is 3.71. The van der Waals surface area contributed by atoms with E-state index < -0.39 is 0 Å². The van der Waals surface area contributed by atoms with Gasteiger partial charge in [0.25, 0.3) is 0 Å². The second-order valence-corrected chi connectivity index (χ2v) is 5.66. The van der Waals surface area contributed by atoms with Gasteiger partial charge < -0.3 is 10.2 Å². The van der Waals surface area contributed by atoms with Crippen LogP contribution in [0.15, 0.2) is 24.4 Å². The summed E-state index contributed by atoms with van der Waals surface area (Å²) >= 11 is 5.47. The number of pyridine rings is 1. The van der Waals surface area contributed by atoms with E-state index >= 15 is 0 Å². The van der Waals surface area contributed by atoms with Gasteiger partial charge in [0.15, 0.2) is 5.11 Å². The van der Waals surface area contributed by atoms with Crippen LogP contribution in [0.25, 0.3) is 0 Å². The molecule has 1 aliphatic rings. The molecule has 1 aromatic heterocycles. The summed E-state index contributed by atoms with van der Waals surface area (Å²) in [5.41, 5.74) is 1.12. The van der Waals surface area contributed by atoms with Gasteiger partial charge in [-0.1, -0.05) is 25.3 Å². The normalized spacial score (nSPS) is 16.1. The smallest absolute Gasteiger partial charge is 0.168 e. The summed E-state index contributed by atoms with van der Waals surface area (Å²) in [5.74, 6) is 0. The Bertz CT molecular complexity index is 388. The van der Waals surface area contributed by atoms with Gasteiger partial charge in [0, 0.05) is 37.9 Å². The molecular formula is C15H23N3S. The van der Waals surface area contributed by atoms with E-state index in [0.29, 0.717) is 6.04 Å². The summed E-state index contributed by atoms with van der Waals surface area (Å²) in [5, 5.41) is 4.37. The third-order valence-corrected chi connectivity index (χ3v) is 4.14. The number of aromatic nitrogens is 1. The molecule has 0 radical (unpaired) electrons. The fourth-order valence-corrected chi connectivity index (χ4v) is 2.72. The van der Waals surface area contributed by atoms with E-state index in [1.807, 2.05) is 18.3 Å². The van der Waals surface area contributed by atoms with Crippen LogP contribution in [0.5, 0.6) is 0 Å². The molecule has 0 saturated heterocycles. The Morgan fingerprint density at radius 1 is 1.37 bits per heavy atom. The highest BCUT2D eigenvalue weighted by atomic mass is 32.1. The minimum atomic E-state index is 0.582. The summed E-state index contributed by atoms with van der Waals surface area (Å²) in [7, 11) is 2.06. The number of nitrogens with zero attached hydrogens (tertiary/aromatic N) is 2. The first kappa shape index (κ1) is 14.3. The average Bonchev–Trinajstić information content (AvgIpc) is 2.47. The molecule has 1 fully saturated rings. The topological polar surface area (TPSA) is 28.2 Å². The van der Waals surface area contributed by atoms with Crippen LogP contribution in [-0.4, -0.2) is 34.6 Å². The number of likely N-dealkylation sites (N-methyl/N-ethyl adjacent to an activating group) is 1. The molecule has 2 rings (SSSR count). The van der Waals surface area contributed by atoms with Crippen LogP contribution in [0.1, 0.15) is 37.8 Å². The van der Waals surface area contributed by atoms with Crippen molar-refractivity contribution in [2.45, 2.75) is 44.6 Å². The van der Waals surface area contributed by atoms with Gasteiger partial charge in [0.2, 0.25) is 0 Å². The molecule has 1 aliphatic carbocycles. The van der Waals surface area contributed by atoms with E-state index in [2.05, 4.69) is 28.3 Å². The Hall–Kier alpha value is -1.16. The first-order valence-corrected chi connectivity index (χ1v) is 7.58. The van der Waals surface area contributed by atoms with Crippen LogP contribution in [-0.2, 0) is 6.42 Å². The van der Waals surface area contributed by atoms with Gasteiger partial charge in [-0.25, -0.2) is 0 Å². The highest BCUT2D eigenvalue weighted by Gasteiger charge is 2.15. The molecule has 0 atom stereocenters. The Morgan fingerprint density at radius 2 is 2.16 bits per heavy atom. The molecule has 0 spiro atoms. The molecule has 0 aromatic carbocycles. The van der Waals surface area contributed by atoms with E-state index in [1.54, 1.807) is 0 Å². The monoisotopic (exact) mass is 277 g/mol. The summed E-state index contributed by atoms with van der Waals surface area (Å²) in [4.78, 5) is 6.46. The van der Waals surface area contributed by atoms with Gasteiger partial charge >= 0.3 is 0 Å². The lowest BCUT2D eigenvalue weighted by Crippen LogP contribution is -2.44. The van der Waals surface area contributed by atoms with E-state index in [9.17, 15) is 0 Å². The quantitative estimate of drug-likeness (QED) is 0.857. The van der Waals surface area contributed by atoms with Crippen LogP contribution < -0.4 is 5.32 Å². The molecule has 1 N–H and O–H groups in total. The van der Waals surface area contributed by atoms with Crippen molar-refractivity contribution in [1.82, 2.24) is 15.2 Å². The Morgan fingerprint density at radius 3 is 2.84 bits per heavy atom. The molecule has 0 bridgehead atoms. The van der Waals surface area contributed by atoms with Crippen molar-refractivity contribution >= 4 is 17.3 Å². The predicted molar refractivity (Wildman–Crippen MR) is 83.2 cm³/mol. The Labute approximate surface area is 121 Å². The number of thiocarbonyl (C=S) groups is 1. The van der Waals surface area contributed by atoms with Gasteiger partial charge in [0.05, 0.1) is 0 Å². The molecule has 104 valence electrons. The first-order chi connectivity index (χ1) is 9.25. The highest BCUT2D eigenvalue weighted by molar-refractivity contribution is 7.80. The van der Waals surface area contributed by atoms with Crippen LogP contribution in [0, 0.1) is 0 Å². The maximum atomic E-state index is 5.47. The van der Waals surface area contributed by atoms with Crippen LogP contribution >= 0.6 is 12.2 Å². The Balaban J connectivity index is 1.72. The van der Waals surface area contributed by atoms with Crippen LogP contribution in [0.4, 0.5) is 0 Å². The molecule has 0 aliphatic heterocycles. The number of hydrogen-bond donors (Lipinski definition) is 1. The van der Waals surface area contributed by atoms with Gasteiger partial charge in [-0.3, -0.25) is 4.98 Å². The van der Waals surface area contributed by atoms with Crippen molar-refractivity contribution in [3.8, 4) is 0 Å². The fourth-order valence-electron chi connectivity index (χ4n) is 2.46. The average molecular weight is 277 g/mol. The molecule has 0 unspecified atom stereocenters. The lowest BCUT2D eigenvalue weighted by molar-refractivity contribution is 0.394. The zero-order chi connectivity index (χ0) is 13.5. The van der Waals surface area contributed by atoms with Crippen molar-refractivity contribution in [2.24, 2.45) is 0 Å². The second-order valence-electron chi connectivity index (χ2n) is 5.28. The molecule has 19 heavy (non-hydrogen) atoms. The molecule has 3 nitrogen and oxygen atoms in total. The fraction of sp³-hybridized carbons (Fsp3) is 0.600. The van der Waals surface area contributed by atoms with Crippen molar-refractivity contribution in [2.75, 3.05) is 13.6 Å². The molecular weight excluding hydrogens is 254 g/mol. The van der Waals surface area contributed by atoms with Crippen LogP contribution in [0.2, 0.25) is 0 Å². The zero-order valence-corrected chi connectivity index (χ0v) is 12.5. The van der Waals surface area contributed by atoms with Gasteiger partial charge in [0.1, 0.15) is 0 Å². The number of rotatable bonds is 4. The largest absolute Gasteiger partial charge is 0.360 e. The predicted octanol–water partition coefficient (Wildman–Crippen LogP) is 2.76. The summed E-state index contributed by atoms with van der Waals surface area (Å²) in [6, 6.07) is 6.62. The molecule has 1 heterocycles. The van der Waals surface area contributed by atoms with E-state index in [4.69, 9.17) is 12.2 Å². The summed E-state index contributed by atoms with van der Waals surface area (Å²) in [6.07, 6.45) is 9.33. The first-order valence-electron chi connectivity index (χ1n) is 7.17. The van der Waals surface area contributed by atoms with Crippen molar-refractivity contribution in [3.63, 3.8) is 0 Å². The van der Waals surface area contributed by atoms with Crippen molar-refractivity contribution < 1.29 is 0 Å². The van der Waals surface area contributed by atoms with E-state index in [0.717, 1.165) is 23.8 Å². The van der Waals surface area contributed by atoms with Gasteiger partial charge in [-0.05, 0) is 37.2 Å². The van der Waals surface area contributed by atoms with Crippen molar-refractivity contribution in [1.29, 1.82) is 0 Å². The SMILES string of the molecule is CN(CCc1ccccn1)C(=S)NC1CCCCC1. The second kappa shape index (κ2) is 7.43. The standard InChI is InChI=1S/C15H23N3S/c1-18(12-10-13-7-5-6-11-16-13)15(19)17-14-8-3-2-4-9-14/h5-7,11,14H,2-4,8-10,12H2,1H3,(H,17,19). The maximum Gasteiger partial charge on any atom is 0.168 e. The van der Waals surface area contributed by atoms with E-state index in [1.165, 1.54) is 32.1 Å². The lowest BCUT2D eigenvalue weighted by Gasteiger charge is -2.28. The van der Waals surface area contributed by atoms with Gasteiger partial charge in [-0.2, -0.15) is 0 Å². The highest BCUT2D eigenvalue weighted by Crippen LogP contribution is 2.17. The molecule has 1 aromatic rings. The van der Waals surface area contributed by atoms with E-state index in [-0.39, 0.29) is 0 Å².